The van der Waals surface area contributed by atoms with E-state index in [9.17, 15) is 8.78 Å². The normalized spacial score (nSPS) is 21.8. The number of hydrogen-bond acceptors (Lipinski definition) is 1. The molecule has 0 atom stereocenters. The van der Waals surface area contributed by atoms with Crippen molar-refractivity contribution in [3.63, 3.8) is 0 Å². The molecule has 116 valence electrons. The summed E-state index contributed by atoms with van der Waals surface area (Å²) in [5.74, 6) is 0.632. The molecule has 2 aromatic rings. The third-order valence-corrected chi connectivity index (χ3v) is 5.38. The van der Waals surface area contributed by atoms with Crippen molar-refractivity contribution in [1.82, 2.24) is 0 Å². The van der Waals surface area contributed by atoms with Crippen molar-refractivity contribution >= 4 is 11.8 Å². The zero-order valence-corrected chi connectivity index (χ0v) is 13.5. The Morgan fingerprint density at radius 2 is 1.36 bits per heavy atom. The predicted octanol–water partition coefficient (Wildman–Crippen LogP) is 6.13. The Morgan fingerprint density at radius 1 is 0.773 bits per heavy atom. The summed E-state index contributed by atoms with van der Waals surface area (Å²) >= 11 is 1.58. The van der Waals surface area contributed by atoms with E-state index in [2.05, 4.69) is 6.07 Å². The van der Waals surface area contributed by atoms with E-state index in [1.165, 1.54) is 5.56 Å². The first-order valence-corrected chi connectivity index (χ1v) is 8.98. The van der Waals surface area contributed by atoms with E-state index in [1.807, 2.05) is 18.4 Å². The fourth-order valence-electron chi connectivity index (χ4n) is 3.43. The molecule has 1 saturated carbocycles. The smallest absolute Gasteiger partial charge is 0.124 e. The highest BCUT2D eigenvalue weighted by molar-refractivity contribution is 7.98. The molecule has 0 spiro atoms. The van der Waals surface area contributed by atoms with Crippen molar-refractivity contribution in [1.29, 1.82) is 0 Å². The molecule has 0 aromatic heterocycles. The molecule has 0 radical (unpaired) electrons. The van der Waals surface area contributed by atoms with Crippen molar-refractivity contribution in [3.8, 4) is 0 Å². The van der Waals surface area contributed by atoms with Crippen molar-refractivity contribution in [2.45, 2.75) is 42.4 Å². The van der Waals surface area contributed by atoms with E-state index in [4.69, 9.17) is 0 Å². The third-order valence-electron chi connectivity index (χ3n) is 4.67. The van der Waals surface area contributed by atoms with Gasteiger partial charge in [0.15, 0.2) is 0 Å². The summed E-state index contributed by atoms with van der Waals surface area (Å²) in [5.41, 5.74) is 2.35. The van der Waals surface area contributed by atoms with Crippen LogP contribution in [-0.4, -0.2) is 6.26 Å². The van der Waals surface area contributed by atoms with Crippen LogP contribution in [0.1, 0.15) is 48.6 Å². The Bertz CT molecular complexity index is 628. The minimum absolute atomic E-state index is 0.137. The van der Waals surface area contributed by atoms with Crippen LogP contribution in [0.4, 0.5) is 8.78 Å². The lowest BCUT2D eigenvalue weighted by Gasteiger charge is -2.29. The average Bonchev–Trinajstić information content (AvgIpc) is 2.55. The highest BCUT2D eigenvalue weighted by Gasteiger charge is 2.24. The van der Waals surface area contributed by atoms with Crippen LogP contribution >= 0.6 is 11.8 Å². The topological polar surface area (TPSA) is 0 Å². The van der Waals surface area contributed by atoms with Gasteiger partial charge in [-0.3, -0.25) is 0 Å². The van der Waals surface area contributed by atoms with E-state index < -0.39 is 0 Å². The highest BCUT2D eigenvalue weighted by atomic mass is 32.2. The second-order valence-electron chi connectivity index (χ2n) is 6.02. The summed E-state index contributed by atoms with van der Waals surface area (Å²) in [6.07, 6.45) is 6.28. The minimum atomic E-state index is -0.179. The molecule has 0 amide bonds. The number of halogens is 2. The molecule has 0 N–H and O–H groups in total. The van der Waals surface area contributed by atoms with E-state index >= 15 is 0 Å². The van der Waals surface area contributed by atoms with Gasteiger partial charge in [0.2, 0.25) is 0 Å². The van der Waals surface area contributed by atoms with E-state index in [0.29, 0.717) is 11.8 Å². The van der Waals surface area contributed by atoms with Crippen LogP contribution in [0.5, 0.6) is 0 Å². The maximum Gasteiger partial charge on any atom is 0.124 e. The van der Waals surface area contributed by atoms with Gasteiger partial charge in [0, 0.05) is 4.90 Å². The lowest BCUT2D eigenvalue weighted by Crippen LogP contribution is -2.12. The number of benzene rings is 2. The largest absolute Gasteiger partial charge is 0.207 e. The van der Waals surface area contributed by atoms with Gasteiger partial charge in [0.25, 0.3) is 0 Å². The molecule has 1 aliphatic rings. The minimum Gasteiger partial charge on any atom is -0.207 e. The van der Waals surface area contributed by atoms with E-state index in [-0.39, 0.29) is 11.6 Å². The van der Waals surface area contributed by atoms with E-state index in [1.54, 1.807) is 36.0 Å². The molecule has 1 fully saturated rings. The first-order chi connectivity index (χ1) is 10.7. The molecule has 0 heterocycles. The number of hydrogen-bond donors (Lipinski definition) is 0. The lowest BCUT2D eigenvalue weighted by molar-refractivity contribution is 0.395. The number of rotatable bonds is 3. The van der Waals surface area contributed by atoms with Crippen LogP contribution in [0.2, 0.25) is 0 Å². The van der Waals surface area contributed by atoms with Crippen LogP contribution in [-0.2, 0) is 0 Å². The van der Waals surface area contributed by atoms with Crippen LogP contribution in [0.15, 0.2) is 47.4 Å². The number of thioether (sulfide) groups is 1. The Morgan fingerprint density at radius 3 is 1.95 bits per heavy atom. The summed E-state index contributed by atoms with van der Waals surface area (Å²) in [4.78, 5) is 0.996. The standard InChI is InChI=1S/C19H20F2S/c1-22-19-11-16(10-18(21)12-19)15-4-2-13(3-5-15)14-6-8-17(20)9-7-14/h6-13,15H,2-5H2,1H3. The van der Waals surface area contributed by atoms with Crippen LogP contribution in [0, 0.1) is 11.6 Å². The summed E-state index contributed by atoms with van der Waals surface area (Å²) < 4.78 is 26.7. The van der Waals surface area contributed by atoms with Crippen molar-refractivity contribution in [3.05, 3.63) is 65.2 Å². The molecule has 1 aliphatic carbocycles. The van der Waals surface area contributed by atoms with Gasteiger partial charge in [0.05, 0.1) is 0 Å². The molecule has 0 aliphatic heterocycles. The fourth-order valence-corrected chi connectivity index (χ4v) is 3.92. The SMILES string of the molecule is CSc1cc(F)cc(C2CCC(c3ccc(F)cc3)CC2)c1. The second-order valence-corrected chi connectivity index (χ2v) is 6.90. The summed E-state index contributed by atoms with van der Waals surface area (Å²) in [6, 6.07) is 12.3. The monoisotopic (exact) mass is 318 g/mol. The first-order valence-electron chi connectivity index (χ1n) is 7.75. The Kier molecular flexibility index (Phi) is 4.82. The van der Waals surface area contributed by atoms with Crippen molar-refractivity contribution in [2.75, 3.05) is 6.26 Å². The molecule has 3 heteroatoms. The van der Waals surface area contributed by atoms with Crippen LogP contribution < -0.4 is 0 Å². The third kappa shape index (κ3) is 3.52. The average molecular weight is 318 g/mol. The molecule has 3 rings (SSSR count). The van der Waals surface area contributed by atoms with E-state index in [0.717, 1.165) is 36.1 Å². The second kappa shape index (κ2) is 6.82. The molecular formula is C19H20F2S. The zero-order chi connectivity index (χ0) is 15.5. The Balaban J connectivity index is 1.69. The van der Waals surface area contributed by atoms with Crippen LogP contribution in [0.25, 0.3) is 0 Å². The molecule has 0 saturated heterocycles. The van der Waals surface area contributed by atoms with Gasteiger partial charge < -0.3 is 0 Å². The van der Waals surface area contributed by atoms with Crippen molar-refractivity contribution < 1.29 is 8.78 Å². The van der Waals surface area contributed by atoms with Crippen molar-refractivity contribution in [2.24, 2.45) is 0 Å². The van der Waals surface area contributed by atoms with Gasteiger partial charge in [-0.15, -0.1) is 11.8 Å². The highest BCUT2D eigenvalue weighted by Crippen LogP contribution is 2.41. The van der Waals surface area contributed by atoms with Gasteiger partial charge >= 0.3 is 0 Å². The van der Waals surface area contributed by atoms with Gasteiger partial charge in [0.1, 0.15) is 11.6 Å². The summed E-state index contributed by atoms with van der Waals surface area (Å²) in [6.45, 7) is 0. The van der Waals surface area contributed by atoms with Gasteiger partial charge in [-0.25, -0.2) is 8.78 Å². The molecular weight excluding hydrogens is 298 g/mol. The Hall–Kier alpha value is -1.35. The van der Waals surface area contributed by atoms with Gasteiger partial charge in [-0.05, 0) is 85.2 Å². The molecule has 0 bridgehead atoms. The molecule has 22 heavy (non-hydrogen) atoms. The summed E-state index contributed by atoms with van der Waals surface area (Å²) in [7, 11) is 0. The zero-order valence-electron chi connectivity index (χ0n) is 12.7. The maximum atomic E-state index is 13.7. The fraction of sp³-hybridized carbons (Fsp3) is 0.368. The van der Waals surface area contributed by atoms with Crippen LogP contribution in [0.3, 0.4) is 0 Å². The maximum absolute atomic E-state index is 13.7. The van der Waals surface area contributed by atoms with Gasteiger partial charge in [-0.1, -0.05) is 12.1 Å². The van der Waals surface area contributed by atoms with Gasteiger partial charge in [-0.2, -0.15) is 0 Å². The molecule has 2 aromatic carbocycles. The molecule has 0 nitrogen and oxygen atoms in total. The first kappa shape index (κ1) is 15.5. The molecule has 0 unspecified atom stereocenters. The lowest BCUT2D eigenvalue weighted by atomic mass is 9.76. The summed E-state index contributed by atoms with van der Waals surface area (Å²) in [5, 5.41) is 0. The predicted molar refractivity (Wildman–Crippen MR) is 88.5 cm³/mol. The quantitative estimate of drug-likeness (QED) is 0.614. The Labute approximate surface area is 134 Å².